The average molecular weight is 905 g/mol. The second kappa shape index (κ2) is 14.5. The van der Waals surface area contributed by atoms with E-state index in [1.54, 1.807) is 9.80 Å². The fraction of sp³-hybridized carbons (Fsp3) is 0.800. The van der Waals surface area contributed by atoms with Crippen LogP contribution >= 0.6 is 0 Å². The molecule has 0 radical (unpaired) electrons. The van der Waals surface area contributed by atoms with Gasteiger partial charge in [0, 0.05) is 22.8 Å². The molecule has 64 heavy (non-hydrogen) atoms. The molecule has 0 amide bonds. The lowest BCUT2D eigenvalue weighted by atomic mass is 9.35. The zero-order valence-electron chi connectivity index (χ0n) is 35.4. The van der Waals surface area contributed by atoms with Crippen LogP contribution in [0.25, 0.3) is 0 Å². The Hall–Kier alpha value is -4.56. The van der Waals surface area contributed by atoms with Crippen molar-refractivity contribution in [2.45, 2.75) is 77.0 Å². The highest BCUT2D eigenvalue weighted by atomic mass is 16.4. The molecule has 8 aliphatic carbocycles. The second-order valence-corrected chi connectivity index (χ2v) is 22.1. The molecule has 24 nitrogen and oxygen atoms in total. The molecule has 352 valence electrons. The molecule has 8 saturated heterocycles. The summed E-state index contributed by atoms with van der Waals surface area (Å²) >= 11 is 0. The summed E-state index contributed by atoms with van der Waals surface area (Å²) in [4.78, 5) is 112. The van der Waals surface area contributed by atoms with Gasteiger partial charge in [0.1, 0.15) is 40.0 Å². The van der Waals surface area contributed by atoms with Crippen molar-refractivity contribution in [1.82, 2.24) is 29.4 Å². The number of carboxylic acids is 8. The molecule has 0 spiro atoms. The number of aliphatic carboxylic acids is 8. The molecule has 0 atom stereocenters. The number of nitrogens with zero attached hydrogens (tertiary/aromatic N) is 6. The van der Waals surface area contributed by atoms with Gasteiger partial charge in [0.2, 0.25) is 0 Å². The van der Waals surface area contributed by atoms with Gasteiger partial charge in [-0.1, -0.05) is 0 Å². The average Bonchev–Trinajstić information content (AvgIpc) is 3.16. The number of carbonyl (C=O) groups is 8. The maximum absolute atomic E-state index is 11.7. The van der Waals surface area contributed by atoms with Crippen LogP contribution in [0.3, 0.4) is 0 Å². The van der Waals surface area contributed by atoms with E-state index in [0.717, 1.165) is 0 Å². The molecule has 0 unspecified atom stereocenters. The molecule has 0 aromatic carbocycles. The third kappa shape index (κ3) is 6.85. The number of carboxylic acid groups (broad SMARTS) is 8. The molecule has 8 saturated carbocycles. The highest BCUT2D eigenvalue weighted by Gasteiger charge is 2.76. The van der Waals surface area contributed by atoms with Crippen LogP contribution in [0.1, 0.15) is 77.0 Å². The Morgan fingerprint density at radius 3 is 0.547 bits per heavy atom. The summed E-state index contributed by atoms with van der Waals surface area (Å²) in [7, 11) is 0. The maximum Gasteiger partial charge on any atom is 0.309 e. The van der Waals surface area contributed by atoms with E-state index in [9.17, 15) is 79.2 Å². The fourth-order valence-corrected chi connectivity index (χ4v) is 15.8. The highest BCUT2D eigenvalue weighted by molar-refractivity contribution is 5.91. The Labute approximate surface area is 366 Å². The van der Waals surface area contributed by atoms with Gasteiger partial charge in [-0.25, -0.2) is 29.4 Å². The molecule has 24 heteroatoms. The minimum atomic E-state index is -1.70. The van der Waals surface area contributed by atoms with Crippen LogP contribution < -0.4 is 20.0 Å². The molecule has 16 rings (SSSR count). The number of quaternary nitrogens is 2. The predicted octanol–water partition coefficient (Wildman–Crippen LogP) is -6.24. The quantitative estimate of drug-likeness (QED) is 0.112. The summed E-state index contributed by atoms with van der Waals surface area (Å²) in [6.45, 7) is 14.9. The smallest absolute Gasteiger partial charge is 0.309 e. The first kappa shape index (κ1) is 44.6. The van der Waals surface area contributed by atoms with Crippen LogP contribution in [0.15, 0.2) is 0 Å². The van der Waals surface area contributed by atoms with Crippen molar-refractivity contribution in [1.29, 1.82) is 0 Å². The van der Waals surface area contributed by atoms with E-state index >= 15 is 0 Å². The molecule has 8 heterocycles. The van der Waals surface area contributed by atoms with E-state index in [0.29, 0.717) is 0 Å². The Morgan fingerprint density at radius 2 is 0.438 bits per heavy atom. The molecule has 16 aliphatic rings. The number of carbonyl (C=O) groups excluding carboxylic acids is 2. The van der Waals surface area contributed by atoms with Crippen molar-refractivity contribution in [2.24, 2.45) is 43.3 Å². The lowest BCUT2D eigenvalue weighted by Gasteiger charge is -2.66. The first-order valence-corrected chi connectivity index (χ1v) is 21.7. The van der Waals surface area contributed by atoms with Crippen molar-refractivity contribution in [3.8, 4) is 0 Å². The number of nitrogens with one attached hydrogen (secondary N) is 2. The summed E-state index contributed by atoms with van der Waals surface area (Å²) in [6, 6.07) is 0. The molecular formula is C40H56N8O16. The zero-order chi connectivity index (χ0) is 46.2. The van der Waals surface area contributed by atoms with E-state index in [1.165, 1.54) is 80.0 Å². The molecule has 16 fully saturated rings. The van der Waals surface area contributed by atoms with E-state index < -0.39 is 91.1 Å². The van der Waals surface area contributed by atoms with Gasteiger partial charge in [-0.05, 0) is 77.0 Å². The molecule has 0 aromatic rings. The van der Waals surface area contributed by atoms with E-state index in [4.69, 9.17) is 0 Å². The second-order valence-electron chi connectivity index (χ2n) is 22.1. The Morgan fingerprint density at radius 1 is 0.297 bits per heavy atom. The van der Waals surface area contributed by atoms with E-state index in [2.05, 4.69) is 29.4 Å². The minimum absolute atomic E-state index is 0.227. The summed E-state index contributed by atoms with van der Waals surface area (Å²) in [5.41, 5.74) is -13.2. The lowest BCUT2D eigenvalue weighted by molar-refractivity contribution is -0.958. The van der Waals surface area contributed by atoms with Gasteiger partial charge in [-0.15, -0.1) is 0 Å². The lowest BCUT2D eigenvalue weighted by Crippen LogP contribution is -3.21. The fourth-order valence-electron chi connectivity index (χ4n) is 15.8. The minimum Gasteiger partial charge on any atom is -0.550 e. The largest absolute Gasteiger partial charge is 0.550 e. The molecular weight excluding hydrogens is 848 g/mol. The van der Waals surface area contributed by atoms with Crippen LogP contribution in [-0.4, -0.2) is 188 Å². The standard InChI is InChI=1S/2C14H16O8.2C6H12N4/c2*15-7(16)11-1-12(8(17)18)4-13(2-11,9(19)20)6-14(3-11,5-12)10(21)22;2*1-7-2-9-4-8(1)5-10(3-7)6-9/h2*1-6H2,(H,15,16)(H,17,18)(H,19,20)(H,21,22);2*1-6H2. The number of hydrogen-bond donors (Lipinski definition) is 8. The summed E-state index contributed by atoms with van der Waals surface area (Å²) in [6.07, 6.45) is -2.94. The summed E-state index contributed by atoms with van der Waals surface area (Å²) in [5, 5.41) is 80.7. The van der Waals surface area contributed by atoms with Gasteiger partial charge >= 0.3 is 35.8 Å². The Balaban J connectivity index is 0.000000114. The Kier molecular flexibility index (Phi) is 10.1. The van der Waals surface area contributed by atoms with Crippen molar-refractivity contribution in [2.75, 3.05) is 80.0 Å². The molecule has 8 N–H and O–H groups in total. The summed E-state index contributed by atoms with van der Waals surface area (Å²) < 4.78 is 0. The SMILES string of the molecule is C1N2CN3CN1C[NH+](C2)C3.C1N2CN3CN1C[NH+](C2)C3.O=C([O-])C12CC3(C(=O)O)CC(C(=O)O)(C1)CC(C(=O)O)(C2)C3.O=C([O-])C12CC3(C(=O)O)CC(C(=O)O)(C1)CC(C(=O)O)(C2)C3. The number of rotatable bonds is 8. The van der Waals surface area contributed by atoms with Crippen molar-refractivity contribution < 1.29 is 89.0 Å². The highest BCUT2D eigenvalue weighted by Crippen LogP contribution is 2.75. The third-order valence-corrected chi connectivity index (χ3v) is 16.8. The van der Waals surface area contributed by atoms with Gasteiger partial charge in [-0.2, -0.15) is 0 Å². The van der Waals surface area contributed by atoms with Gasteiger partial charge in [0.05, 0.1) is 72.5 Å². The monoisotopic (exact) mass is 904 g/mol. The van der Waals surface area contributed by atoms with Crippen LogP contribution in [0, 0.1) is 43.3 Å². The van der Waals surface area contributed by atoms with Crippen LogP contribution in [0.5, 0.6) is 0 Å². The van der Waals surface area contributed by atoms with Crippen molar-refractivity contribution in [3.63, 3.8) is 0 Å². The van der Waals surface area contributed by atoms with Gasteiger partial charge in [0.15, 0.2) is 0 Å². The Bertz CT molecular complexity index is 1560. The van der Waals surface area contributed by atoms with Crippen molar-refractivity contribution >= 4 is 47.8 Å². The number of hydrogen-bond acceptors (Lipinski definition) is 16. The van der Waals surface area contributed by atoms with E-state index in [1.807, 2.05) is 0 Å². The maximum atomic E-state index is 11.7. The summed E-state index contributed by atoms with van der Waals surface area (Å²) in [5.74, 6) is -11.0. The molecule has 0 aromatic heterocycles. The van der Waals surface area contributed by atoms with Crippen LogP contribution in [-0.2, 0) is 38.4 Å². The van der Waals surface area contributed by atoms with Crippen LogP contribution in [0.4, 0.5) is 0 Å². The zero-order valence-corrected chi connectivity index (χ0v) is 35.4. The third-order valence-electron chi connectivity index (χ3n) is 16.8. The van der Waals surface area contributed by atoms with Gasteiger partial charge < -0.3 is 50.4 Å². The first-order chi connectivity index (χ1) is 29.8. The topological polar surface area (TPSA) is 332 Å². The van der Waals surface area contributed by atoms with Gasteiger partial charge in [-0.3, -0.25) is 38.6 Å². The van der Waals surface area contributed by atoms with Crippen LogP contribution in [0.2, 0.25) is 0 Å². The molecule has 16 bridgehead atoms. The first-order valence-electron chi connectivity index (χ1n) is 21.7. The van der Waals surface area contributed by atoms with Crippen molar-refractivity contribution in [3.05, 3.63) is 0 Å². The normalized spacial score (nSPS) is 49.2. The molecule has 8 aliphatic heterocycles. The van der Waals surface area contributed by atoms with E-state index in [-0.39, 0.29) is 77.0 Å². The predicted molar refractivity (Wildman–Crippen MR) is 202 cm³/mol. The van der Waals surface area contributed by atoms with Gasteiger partial charge in [0.25, 0.3) is 0 Å².